The zero-order valence-electron chi connectivity index (χ0n) is 6.23. The summed E-state index contributed by atoms with van der Waals surface area (Å²) in [5.41, 5.74) is 0.358. The van der Waals surface area contributed by atoms with Crippen LogP contribution in [0.1, 0.15) is 6.92 Å². The average Bonchev–Trinajstić information content (AvgIpc) is 1.87. The molecule has 3 nitrogen and oxygen atoms in total. The van der Waals surface area contributed by atoms with Crippen molar-refractivity contribution in [1.82, 2.24) is 5.32 Å². The zero-order chi connectivity index (χ0) is 8.15. The average molecular weight is 141 g/mol. The van der Waals surface area contributed by atoms with Gasteiger partial charge in [0.25, 0.3) is 0 Å². The monoisotopic (exact) mass is 141 g/mol. The molecule has 56 valence electrons. The van der Waals surface area contributed by atoms with Gasteiger partial charge in [0.05, 0.1) is 0 Å². The molecule has 0 aliphatic rings. The molecule has 1 N–H and O–H groups in total. The SMILES string of the molecule is C=C(NC)OC(=O)C(=C)C. The van der Waals surface area contributed by atoms with Crippen molar-refractivity contribution < 1.29 is 9.53 Å². The highest BCUT2D eigenvalue weighted by atomic mass is 16.5. The smallest absolute Gasteiger partial charge is 0.339 e. The van der Waals surface area contributed by atoms with Crippen LogP contribution in [-0.4, -0.2) is 13.0 Å². The first-order chi connectivity index (χ1) is 4.57. The van der Waals surface area contributed by atoms with E-state index >= 15 is 0 Å². The van der Waals surface area contributed by atoms with E-state index in [1.165, 1.54) is 0 Å². The molecule has 10 heavy (non-hydrogen) atoms. The van der Waals surface area contributed by atoms with Crippen LogP contribution >= 0.6 is 0 Å². The lowest BCUT2D eigenvalue weighted by Crippen LogP contribution is -2.13. The molecule has 0 rings (SSSR count). The zero-order valence-corrected chi connectivity index (χ0v) is 6.23. The number of carbonyl (C=O) groups is 1. The molecule has 0 saturated carbocycles. The highest BCUT2D eigenvalue weighted by molar-refractivity contribution is 5.87. The standard InChI is InChI=1S/C7H11NO2/c1-5(2)7(9)10-6(3)8-4/h8H,1,3H2,2,4H3. The van der Waals surface area contributed by atoms with Crippen molar-refractivity contribution in [1.29, 1.82) is 0 Å². The van der Waals surface area contributed by atoms with Crippen molar-refractivity contribution in [2.75, 3.05) is 7.05 Å². The third-order valence-electron chi connectivity index (χ3n) is 0.843. The van der Waals surface area contributed by atoms with E-state index in [4.69, 9.17) is 0 Å². The van der Waals surface area contributed by atoms with Gasteiger partial charge in [0.15, 0.2) is 5.88 Å². The Balaban J connectivity index is 3.80. The lowest BCUT2D eigenvalue weighted by molar-refractivity contribution is -0.135. The number of rotatable bonds is 3. The van der Waals surface area contributed by atoms with E-state index in [9.17, 15) is 4.79 Å². The maximum atomic E-state index is 10.7. The minimum atomic E-state index is -0.459. The molecular weight excluding hydrogens is 130 g/mol. The van der Waals surface area contributed by atoms with E-state index in [1.54, 1.807) is 14.0 Å². The van der Waals surface area contributed by atoms with Crippen LogP contribution in [0.2, 0.25) is 0 Å². The molecule has 0 radical (unpaired) electrons. The molecule has 0 spiro atoms. The van der Waals surface area contributed by atoms with Crippen LogP contribution in [-0.2, 0) is 9.53 Å². The normalized spacial score (nSPS) is 8.20. The first-order valence-corrected chi connectivity index (χ1v) is 2.82. The predicted molar refractivity (Wildman–Crippen MR) is 39.1 cm³/mol. The van der Waals surface area contributed by atoms with Crippen molar-refractivity contribution in [3.05, 3.63) is 24.6 Å². The van der Waals surface area contributed by atoms with Crippen molar-refractivity contribution >= 4 is 5.97 Å². The quantitative estimate of drug-likeness (QED) is 0.359. The van der Waals surface area contributed by atoms with Gasteiger partial charge in [0, 0.05) is 12.6 Å². The molecule has 0 aliphatic heterocycles. The summed E-state index contributed by atoms with van der Waals surface area (Å²) in [6.07, 6.45) is 0. The van der Waals surface area contributed by atoms with E-state index in [-0.39, 0.29) is 5.88 Å². The van der Waals surface area contributed by atoms with Crippen LogP contribution in [0.4, 0.5) is 0 Å². The second-order valence-electron chi connectivity index (χ2n) is 1.84. The van der Waals surface area contributed by atoms with Crippen LogP contribution in [0.25, 0.3) is 0 Å². The van der Waals surface area contributed by atoms with Crippen LogP contribution in [0.5, 0.6) is 0 Å². The number of hydrogen-bond donors (Lipinski definition) is 1. The topological polar surface area (TPSA) is 38.3 Å². The number of hydrogen-bond acceptors (Lipinski definition) is 3. The van der Waals surface area contributed by atoms with Gasteiger partial charge in [-0.3, -0.25) is 0 Å². The molecular formula is C7H11NO2. The van der Waals surface area contributed by atoms with Gasteiger partial charge in [-0.2, -0.15) is 0 Å². The van der Waals surface area contributed by atoms with Gasteiger partial charge < -0.3 is 10.1 Å². The number of esters is 1. The molecule has 0 aromatic rings. The Morgan fingerprint density at radius 1 is 1.50 bits per heavy atom. The first-order valence-electron chi connectivity index (χ1n) is 2.82. The Labute approximate surface area is 60.4 Å². The molecule has 3 heteroatoms. The molecule has 0 fully saturated rings. The van der Waals surface area contributed by atoms with Gasteiger partial charge in [0.1, 0.15) is 0 Å². The molecule has 0 aliphatic carbocycles. The Hall–Kier alpha value is -1.25. The van der Waals surface area contributed by atoms with Crippen molar-refractivity contribution in [2.24, 2.45) is 0 Å². The summed E-state index contributed by atoms with van der Waals surface area (Å²) in [5.74, 6) is -0.229. The van der Waals surface area contributed by atoms with E-state index in [1.807, 2.05) is 0 Å². The minimum absolute atomic E-state index is 0.230. The lowest BCUT2D eigenvalue weighted by Gasteiger charge is -2.04. The second-order valence-corrected chi connectivity index (χ2v) is 1.84. The van der Waals surface area contributed by atoms with Crippen LogP contribution in [0, 0.1) is 0 Å². The van der Waals surface area contributed by atoms with E-state index < -0.39 is 5.97 Å². The second kappa shape index (κ2) is 3.71. The molecule has 0 atom stereocenters. The van der Waals surface area contributed by atoms with Crippen molar-refractivity contribution in [2.45, 2.75) is 6.92 Å². The highest BCUT2D eigenvalue weighted by Crippen LogP contribution is 1.95. The third kappa shape index (κ3) is 2.91. The van der Waals surface area contributed by atoms with E-state index in [0.29, 0.717) is 5.57 Å². The Morgan fingerprint density at radius 2 is 2.00 bits per heavy atom. The van der Waals surface area contributed by atoms with Crippen molar-refractivity contribution in [3.8, 4) is 0 Å². The molecule has 0 heterocycles. The summed E-state index contributed by atoms with van der Waals surface area (Å²) in [6, 6.07) is 0. The maximum absolute atomic E-state index is 10.7. The summed E-state index contributed by atoms with van der Waals surface area (Å²) in [7, 11) is 1.62. The fourth-order valence-corrected chi connectivity index (χ4v) is 0.250. The fourth-order valence-electron chi connectivity index (χ4n) is 0.250. The van der Waals surface area contributed by atoms with Gasteiger partial charge in [0.2, 0.25) is 0 Å². The summed E-state index contributed by atoms with van der Waals surface area (Å²) >= 11 is 0. The fraction of sp³-hybridized carbons (Fsp3) is 0.286. The van der Waals surface area contributed by atoms with Crippen molar-refractivity contribution in [3.63, 3.8) is 0 Å². The van der Waals surface area contributed by atoms with Gasteiger partial charge >= 0.3 is 5.97 Å². The molecule has 0 amide bonds. The van der Waals surface area contributed by atoms with Crippen LogP contribution in [0.3, 0.4) is 0 Å². The van der Waals surface area contributed by atoms with Gasteiger partial charge in [-0.25, -0.2) is 4.79 Å². The van der Waals surface area contributed by atoms with Crippen LogP contribution in [0.15, 0.2) is 24.6 Å². The molecule has 0 unspecified atom stereocenters. The number of carbonyl (C=O) groups excluding carboxylic acids is 1. The number of ether oxygens (including phenoxy) is 1. The highest BCUT2D eigenvalue weighted by Gasteiger charge is 2.03. The van der Waals surface area contributed by atoms with E-state index in [2.05, 4.69) is 23.2 Å². The van der Waals surface area contributed by atoms with Gasteiger partial charge in [-0.1, -0.05) is 6.58 Å². The first kappa shape index (κ1) is 8.75. The largest absolute Gasteiger partial charge is 0.407 e. The van der Waals surface area contributed by atoms with Gasteiger partial charge in [-0.15, -0.1) is 0 Å². The predicted octanol–water partition coefficient (Wildman–Crippen LogP) is 0.796. The summed E-state index contributed by atoms with van der Waals surface area (Å²) < 4.78 is 4.62. The van der Waals surface area contributed by atoms with Gasteiger partial charge in [-0.05, 0) is 13.5 Å². The lowest BCUT2D eigenvalue weighted by atomic mass is 10.4. The Bertz CT molecular complexity index is 172. The summed E-state index contributed by atoms with van der Waals surface area (Å²) in [4.78, 5) is 10.7. The Kier molecular flexibility index (Phi) is 3.25. The summed E-state index contributed by atoms with van der Waals surface area (Å²) in [5, 5.41) is 2.57. The van der Waals surface area contributed by atoms with Crippen LogP contribution < -0.4 is 5.32 Å². The summed E-state index contributed by atoms with van der Waals surface area (Å²) in [6.45, 7) is 8.37. The minimum Gasteiger partial charge on any atom is -0.407 e. The molecule has 0 aromatic heterocycles. The van der Waals surface area contributed by atoms with E-state index in [0.717, 1.165) is 0 Å². The maximum Gasteiger partial charge on any atom is 0.339 e. The molecule has 0 aromatic carbocycles. The third-order valence-corrected chi connectivity index (χ3v) is 0.843. The molecule has 0 saturated heterocycles. The Morgan fingerprint density at radius 3 is 2.30 bits per heavy atom. The number of nitrogens with one attached hydrogen (secondary N) is 1. The molecule has 0 bridgehead atoms.